The Labute approximate surface area is 169 Å². The molecule has 29 heavy (non-hydrogen) atoms. The van der Waals surface area contributed by atoms with Crippen molar-refractivity contribution in [2.75, 3.05) is 33.8 Å². The van der Waals surface area contributed by atoms with Gasteiger partial charge in [0.25, 0.3) is 0 Å². The van der Waals surface area contributed by atoms with Crippen LogP contribution in [-0.4, -0.2) is 58.0 Å². The summed E-state index contributed by atoms with van der Waals surface area (Å²) >= 11 is 0. The van der Waals surface area contributed by atoms with Crippen LogP contribution in [0.3, 0.4) is 0 Å². The summed E-state index contributed by atoms with van der Waals surface area (Å²) in [5, 5.41) is 6.34. The maximum Gasteiger partial charge on any atom is 0.511 e. The maximum absolute atomic E-state index is 12.6. The van der Waals surface area contributed by atoms with Gasteiger partial charge in [0.2, 0.25) is 0 Å². The predicted octanol–water partition coefficient (Wildman–Crippen LogP) is 2.06. The number of sulfonamides is 1. The molecule has 0 aliphatic carbocycles. The Morgan fingerprint density at radius 1 is 1.17 bits per heavy atom. The zero-order chi connectivity index (χ0) is 21.5. The summed E-state index contributed by atoms with van der Waals surface area (Å²) < 4.78 is 66.4. The van der Waals surface area contributed by atoms with Crippen LogP contribution in [0.5, 0.6) is 0 Å². The van der Waals surface area contributed by atoms with Crippen LogP contribution in [0.4, 0.5) is 13.2 Å². The average Bonchev–Trinajstić information content (AvgIpc) is 2.69. The monoisotopic (exact) mass is 436 g/mol. The Balaban J connectivity index is 1.76. The largest absolute Gasteiger partial charge is 0.511 e. The summed E-state index contributed by atoms with van der Waals surface area (Å²) in [6.45, 7) is 1.36. The SMILES string of the molecule is CN=C(NCc1ccc(COC)cc1)NCC1CCN(S(=O)(=O)C(F)(F)F)CC1. The highest BCUT2D eigenvalue weighted by Gasteiger charge is 2.50. The fourth-order valence-electron chi connectivity index (χ4n) is 3.07. The molecule has 2 rings (SSSR count). The molecule has 11 heteroatoms. The van der Waals surface area contributed by atoms with Gasteiger partial charge in [-0.2, -0.15) is 17.5 Å². The summed E-state index contributed by atoms with van der Waals surface area (Å²) in [6.07, 6.45) is 0.723. The first-order valence-electron chi connectivity index (χ1n) is 9.25. The van der Waals surface area contributed by atoms with Crippen LogP contribution in [-0.2, 0) is 27.9 Å². The number of halogens is 3. The Hall–Kier alpha value is -1.85. The number of alkyl halides is 3. The van der Waals surface area contributed by atoms with E-state index in [1.807, 2.05) is 24.3 Å². The molecule has 1 aromatic rings. The first kappa shape index (κ1) is 23.4. The lowest BCUT2D eigenvalue weighted by atomic mass is 9.98. The van der Waals surface area contributed by atoms with Gasteiger partial charge in [-0.3, -0.25) is 4.99 Å². The second kappa shape index (κ2) is 10.3. The van der Waals surface area contributed by atoms with Crippen LogP contribution >= 0.6 is 0 Å². The third-order valence-electron chi connectivity index (χ3n) is 4.78. The number of hydrogen-bond acceptors (Lipinski definition) is 4. The topological polar surface area (TPSA) is 83.0 Å². The van der Waals surface area contributed by atoms with Gasteiger partial charge in [0, 0.05) is 40.3 Å². The second-order valence-electron chi connectivity index (χ2n) is 6.85. The fraction of sp³-hybridized carbons (Fsp3) is 0.611. The van der Waals surface area contributed by atoms with Crippen LogP contribution in [0.15, 0.2) is 29.3 Å². The highest BCUT2D eigenvalue weighted by atomic mass is 32.2. The van der Waals surface area contributed by atoms with E-state index in [2.05, 4.69) is 15.6 Å². The number of guanidine groups is 1. The molecule has 0 aromatic heterocycles. The number of piperidine rings is 1. The van der Waals surface area contributed by atoms with Crippen molar-refractivity contribution >= 4 is 16.0 Å². The summed E-state index contributed by atoms with van der Waals surface area (Å²) in [5.41, 5.74) is -3.10. The zero-order valence-corrected chi connectivity index (χ0v) is 17.3. The Morgan fingerprint density at radius 2 is 1.76 bits per heavy atom. The van der Waals surface area contributed by atoms with Gasteiger partial charge in [-0.15, -0.1) is 0 Å². The van der Waals surface area contributed by atoms with Crippen LogP contribution in [0.2, 0.25) is 0 Å². The van der Waals surface area contributed by atoms with Crippen molar-refractivity contribution < 1.29 is 26.3 Å². The third-order valence-corrected chi connectivity index (χ3v) is 6.41. The lowest BCUT2D eigenvalue weighted by Gasteiger charge is -2.31. The minimum absolute atomic E-state index is 0.0709. The highest BCUT2D eigenvalue weighted by Crippen LogP contribution is 2.30. The molecule has 2 N–H and O–H groups in total. The number of nitrogens with one attached hydrogen (secondary N) is 2. The van der Waals surface area contributed by atoms with Crippen molar-refractivity contribution in [3.63, 3.8) is 0 Å². The van der Waals surface area contributed by atoms with Gasteiger partial charge in [0.15, 0.2) is 5.96 Å². The van der Waals surface area contributed by atoms with Gasteiger partial charge in [-0.1, -0.05) is 24.3 Å². The van der Waals surface area contributed by atoms with Gasteiger partial charge in [-0.25, -0.2) is 8.42 Å². The van der Waals surface area contributed by atoms with Gasteiger partial charge < -0.3 is 15.4 Å². The summed E-state index contributed by atoms with van der Waals surface area (Å²) in [5.74, 6) is 0.651. The first-order valence-corrected chi connectivity index (χ1v) is 10.7. The first-order chi connectivity index (χ1) is 13.7. The Morgan fingerprint density at radius 3 is 2.28 bits per heavy atom. The molecule has 0 amide bonds. The van der Waals surface area contributed by atoms with Crippen molar-refractivity contribution in [2.24, 2.45) is 10.9 Å². The van der Waals surface area contributed by atoms with E-state index in [0.29, 0.717) is 42.8 Å². The lowest BCUT2D eigenvalue weighted by Crippen LogP contribution is -2.47. The molecule has 1 aliphatic heterocycles. The predicted molar refractivity (Wildman–Crippen MR) is 105 cm³/mol. The molecule has 1 aliphatic rings. The van der Waals surface area contributed by atoms with Gasteiger partial charge in [0.1, 0.15) is 0 Å². The Kier molecular flexibility index (Phi) is 8.29. The standard InChI is InChI=1S/C18H27F3N4O3S/c1-22-17(23-11-14-3-5-16(6-4-14)13-28-2)24-12-15-7-9-25(10-8-15)29(26,27)18(19,20)21/h3-6,15H,7-13H2,1-2H3,(H2,22,23,24). The van der Waals surface area contributed by atoms with E-state index in [1.165, 1.54) is 0 Å². The number of aliphatic imine (C=N–C) groups is 1. The smallest absolute Gasteiger partial charge is 0.380 e. The van der Waals surface area contributed by atoms with E-state index < -0.39 is 15.5 Å². The van der Waals surface area contributed by atoms with Crippen LogP contribution in [0, 0.1) is 5.92 Å². The fourth-order valence-corrected chi connectivity index (χ4v) is 4.05. The van der Waals surface area contributed by atoms with E-state index in [1.54, 1.807) is 14.2 Å². The maximum atomic E-state index is 12.6. The van der Waals surface area contributed by atoms with E-state index in [9.17, 15) is 21.6 Å². The number of ether oxygens (including phenoxy) is 1. The van der Waals surface area contributed by atoms with E-state index in [4.69, 9.17) is 4.74 Å². The van der Waals surface area contributed by atoms with Crippen LogP contribution in [0.1, 0.15) is 24.0 Å². The molecule has 1 saturated heterocycles. The lowest BCUT2D eigenvalue weighted by molar-refractivity contribution is -0.0496. The molecule has 0 saturated carbocycles. The van der Waals surface area contributed by atoms with Crippen molar-refractivity contribution in [1.82, 2.24) is 14.9 Å². The number of hydrogen-bond donors (Lipinski definition) is 2. The number of nitrogens with zero attached hydrogens (tertiary/aromatic N) is 2. The van der Waals surface area contributed by atoms with Crippen molar-refractivity contribution in [3.8, 4) is 0 Å². The van der Waals surface area contributed by atoms with E-state index >= 15 is 0 Å². The molecule has 1 aromatic carbocycles. The summed E-state index contributed by atoms with van der Waals surface area (Å²) in [6, 6.07) is 7.95. The van der Waals surface area contributed by atoms with Crippen molar-refractivity contribution in [2.45, 2.75) is 31.5 Å². The minimum Gasteiger partial charge on any atom is -0.380 e. The third kappa shape index (κ3) is 6.58. The van der Waals surface area contributed by atoms with Crippen molar-refractivity contribution in [1.29, 1.82) is 0 Å². The van der Waals surface area contributed by atoms with Gasteiger partial charge in [-0.05, 0) is 29.9 Å². The molecule has 0 unspecified atom stereocenters. The summed E-state index contributed by atoms with van der Waals surface area (Å²) in [7, 11) is -1.96. The molecule has 0 spiro atoms. The molecule has 164 valence electrons. The van der Waals surface area contributed by atoms with Crippen LogP contribution < -0.4 is 10.6 Å². The highest BCUT2D eigenvalue weighted by molar-refractivity contribution is 7.90. The molecule has 0 radical (unpaired) electrons. The quantitative estimate of drug-likeness (QED) is 0.505. The van der Waals surface area contributed by atoms with Crippen LogP contribution in [0.25, 0.3) is 0 Å². The van der Waals surface area contributed by atoms with Crippen molar-refractivity contribution in [3.05, 3.63) is 35.4 Å². The molecule has 1 heterocycles. The normalized spacial score (nSPS) is 17.3. The Bertz CT molecular complexity index is 775. The molecule has 0 atom stereocenters. The van der Waals surface area contributed by atoms with Gasteiger partial charge in [0.05, 0.1) is 6.61 Å². The van der Waals surface area contributed by atoms with Gasteiger partial charge >= 0.3 is 15.5 Å². The molecule has 7 nitrogen and oxygen atoms in total. The summed E-state index contributed by atoms with van der Waals surface area (Å²) in [4.78, 5) is 4.14. The molecular weight excluding hydrogens is 409 g/mol. The van der Waals surface area contributed by atoms with E-state index in [-0.39, 0.29) is 19.0 Å². The molecular formula is C18H27F3N4O3S. The second-order valence-corrected chi connectivity index (χ2v) is 8.78. The number of methoxy groups -OCH3 is 1. The average molecular weight is 437 g/mol. The van der Waals surface area contributed by atoms with E-state index in [0.717, 1.165) is 11.1 Å². The number of rotatable bonds is 7. The molecule has 0 bridgehead atoms. The minimum atomic E-state index is -5.24. The zero-order valence-electron chi connectivity index (χ0n) is 16.5. The molecule has 1 fully saturated rings. The number of benzene rings is 1.